The molecule has 0 aliphatic heterocycles. The second kappa shape index (κ2) is 8.02. The summed E-state index contributed by atoms with van der Waals surface area (Å²) < 4.78 is 5.41. The summed E-state index contributed by atoms with van der Waals surface area (Å²) in [5, 5.41) is 0. The van der Waals surface area contributed by atoms with Gasteiger partial charge in [-0.1, -0.05) is 64.1 Å². The minimum Gasteiger partial charge on any atom is -0.458 e. The number of esters is 1. The van der Waals surface area contributed by atoms with Gasteiger partial charge in [-0.25, -0.2) is 0 Å². The molecule has 2 unspecified atom stereocenters. The van der Waals surface area contributed by atoms with Gasteiger partial charge in [0.2, 0.25) is 0 Å². The summed E-state index contributed by atoms with van der Waals surface area (Å²) in [7, 11) is 0. The smallest absolute Gasteiger partial charge is 0.303 e. The number of benzene rings is 1. The summed E-state index contributed by atoms with van der Waals surface area (Å²) in [5.74, 6) is 0.216. The van der Waals surface area contributed by atoms with E-state index < -0.39 is 0 Å². The van der Waals surface area contributed by atoms with Crippen molar-refractivity contribution in [3.63, 3.8) is 0 Å². The fourth-order valence-electron chi connectivity index (χ4n) is 1.94. The van der Waals surface area contributed by atoms with Crippen LogP contribution in [0.25, 0.3) is 0 Å². The van der Waals surface area contributed by atoms with Crippen molar-refractivity contribution in [2.75, 3.05) is 0 Å². The number of aryl methyl sites for hydroxylation is 1. The van der Waals surface area contributed by atoms with Crippen LogP contribution in [0.15, 0.2) is 42.5 Å². The Morgan fingerprint density at radius 1 is 1.19 bits per heavy atom. The lowest BCUT2D eigenvalue weighted by Crippen LogP contribution is -2.18. The van der Waals surface area contributed by atoms with Crippen LogP contribution in [0.1, 0.15) is 46.6 Å². The van der Waals surface area contributed by atoms with Gasteiger partial charge in [-0.2, -0.15) is 0 Å². The molecule has 0 radical (unpaired) electrons. The monoisotopic (exact) mass is 288 g/mol. The molecule has 0 bridgehead atoms. The molecule has 0 spiro atoms. The Morgan fingerprint density at radius 3 is 2.33 bits per heavy atom. The average Bonchev–Trinajstić information content (AvgIpc) is 2.41. The molecule has 0 fully saturated rings. The van der Waals surface area contributed by atoms with Crippen LogP contribution >= 0.6 is 0 Å². The van der Waals surface area contributed by atoms with Gasteiger partial charge in [0.25, 0.3) is 0 Å². The van der Waals surface area contributed by atoms with Crippen molar-refractivity contribution in [3.8, 4) is 0 Å². The highest BCUT2D eigenvalue weighted by molar-refractivity contribution is 5.66. The topological polar surface area (TPSA) is 26.3 Å². The van der Waals surface area contributed by atoms with E-state index in [0.717, 1.165) is 12.8 Å². The summed E-state index contributed by atoms with van der Waals surface area (Å²) >= 11 is 0. The zero-order chi connectivity index (χ0) is 15.9. The summed E-state index contributed by atoms with van der Waals surface area (Å²) in [5.41, 5.74) is 1.49. The summed E-state index contributed by atoms with van der Waals surface area (Å²) in [6.45, 7) is 10.3. The van der Waals surface area contributed by atoms with E-state index in [2.05, 4.69) is 45.9 Å². The van der Waals surface area contributed by atoms with Crippen molar-refractivity contribution in [1.82, 2.24) is 0 Å². The number of carbonyl (C=O) groups is 1. The molecule has 1 aromatic carbocycles. The lowest BCUT2D eigenvalue weighted by atomic mass is 9.82. The van der Waals surface area contributed by atoms with Gasteiger partial charge in [-0.15, -0.1) is 0 Å². The van der Waals surface area contributed by atoms with Crippen molar-refractivity contribution >= 4 is 5.97 Å². The van der Waals surface area contributed by atoms with E-state index in [-0.39, 0.29) is 17.5 Å². The molecule has 0 heterocycles. The average molecular weight is 288 g/mol. The maximum absolute atomic E-state index is 11.3. The van der Waals surface area contributed by atoms with Crippen LogP contribution in [0.3, 0.4) is 0 Å². The maximum atomic E-state index is 11.3. The zero-order valence-corrected chi connectivity index (χ0v) is 13.9. The molecule has 1 aromatic rings. The van der Waals surface area contributed by atoms with E-state index in [1.165, 1.54) is 12.5 Å². The highest BCUT2D eigenvalue weighted by Gasteiger charge is 2.18. The maximum Gasteiger partial charge on any atom is 0.303 e. The Bertz CT molecular complexity index is 454. The van der Waals surface area contributed by atoms with Gasteiger partial charge in [0.05, 0.1) is 0 Å². The fourth-order valence-corrected chi connectivity index (χ4v) is 1.94. The van der Waals surface area contributed by atoms with E-state index in [9.17, 15) is 4.79 Å². The third kappa shape index (κ3) is 7.12. The molecule has 1 rings (SSSR count). The van der Waals surface area contributed by atoms with Crippen LogP contribution < -0.4 is 0 Å². The van der Waals surface area contributed by atoms with E-state index in [1.807, 2.05) is 24.3 Å². The van der Waals surface area contributed by atoms with Crippen LogP contribution in [-0.4, -0.2) is 12.1 Å². The number of rotatable bonds is 6. The first kappa shape index (κ1) is 17.5. The SMILES string of the molecule is CC(=O)OC(/C=C/C(C)C(C)(C)C)CCc1ccccc1. The fraction of sp³-hybridized carbons (Fsp3) is 0.526. The minimum atomic E-state index is -0.221. The Labute approximate surface area is 129 Å². The first-order chi connectivity index (χ1) is 9.79. The predicted molar refractivity (Wildman–Crippen MR) is 88.1 cm³/mol. The van der Waals surface area contributed by atoms with Crippen LogP contribution in [0.5, 0.6) is 0 Å². The largest absolute Gasteiger partial charge is 0.458 e. The van der Waals surface area contributed by atoms with E-state index >= 15 is 0 Å². The Kier molecular flexibility index (Phi) is 6.67. The molecule has 0 saturated carbocycles. The normalized spacial score (nSPS) is 14.9. The molecule has 0 N–H and O–H groups in total. The van der Waals surface area contributed by atoms with E-state index in [0.29, 0.717) is 5.92 Å². The summed E-state index contributed by atoms with van der Waals surface area (Å²) in [6.07, 6.45) is 5.79. The third-order valence-electron chi connectivity index (χ3n) is 3.86. The van der Waals surface area contributed by atoms with Crippen molar-refractivity contribution in [2.24, 2.45) is 11.3 Å². The van der Waals surface area contributed by atoms with Gasteiger partial charge in [-0.05, 0) is 35.8 Å². The zero-order valence-electron chi connectivity index (χ0n) is 13.9. The number of carbonyl (C=O) groups excluding carboxylic acids is 1. The molecule has 0 amide bonds. The lowest BCUT2D eigenvalue weighted by Gasteiger charge is -2.24. The predicted octanol–water partition coefficient (Wildman–Crippen LogP) is 4.79. The highest BCUT2D eigenvalue weighted by atomic mass is 16.5. The lowest BCUT2D eigenvalue weighted by molar-refractivity contribution is -0.144. The highest BCUT2D eigenvalue weighted by Crippen LogP contribution is 2.26. The first-order valence-corrected chi connectivity index (χ1v) is 7.68. The van der Waals surface area contributed by atoms with E-state index in [1.54, 1.807) is 0 Å². The molecule has 0 aliphatic carbocycles. The number of hydrogen-bond donors (Lipinski definition) is 0. The van der Waals surface area contributed by atoms with E-state index in [4.69, 9.17) is 4.74 Å². The molecule has 0 saturated heterocycles. The Hall–Kier alpha value is -1.57. The van der Waals surface area contributed by atoms with Crippen LogP contribution in [0, 0.1) is 11.3 Å². The quantitative estimate of drug-likeness (QED) is 0.555. The van der Waals surface area contributed by atoms with Crippen molar-refractivity contribution in [1.29, 1.82) is 0 Å². The third-order valence-corrected chi connectivity index (χ3v) is 3.86. The minimum absolute atomic E-state index is 0.146. The number of allylic oxidation sites excluding steroid dienone is 1. The molecule has 116 valence electrons. The van der Waals surface area contributed by atoms with Crippen molar-refractivity contribution in [2.45, 2.75) is 53.6 Å². The molecular weight excluding hydrogens is 260 g/mol. The molecule has 2 nitrogen and oxygen atoms in total. The van der Waals surface area contributed by atoms with Gasteiger partial charge >= 0.3 is 5.97 Å². The van der Waals surface area contributed by atoms with Crippen LogP contribution in [0.4, 0.5) is 0 Å². The second-order valence-corrected chi connectivity index (χ2v) is 6.71. The Morgan fingerprint density at radius 2 is 1.81 bits per heavy atom. The van der Waals surface area contributed by atoms with Crippen molar-refractivity contribution in [3.05, 3.63) is 48.0 Å². The van der Waals surface area contributed by atoms with Gasteiger partial charge in [0.15, 0.2) is 0 Å². The molecule has 2 heteroatoms. The van der Waals surface area contributed by atoms with Gasteiger partial charge in [-0.3, -0.25) is 4.79 Å². The van der Waals surface area contributed by atoms with Gasteiger partial charge < -0.3 is 4.74 Å². The van der Waals surface area contributed by atoms with Crippen LogP contribution in [0.2, 0.25) is 0 Å². The molecule has 2 atom stereocenters. The van der Waals surface area contributed by atoms with Gasteiger partial charge in [0, 0.05) is 6.92 Å². The standard InChI is InChI=1S/C19H28O2/c1-15(19(3,4)5)11-13-18(21-16(2)20)14-12-17-9-7-6-8-10-17/h6-11,13,15,18H,12,14H2,1-5H3/b13-11+. The number of hydrogen-bond acceptors (Lipinski definition) is 2. The number of ether oxygens (including phenoxy) is 1. The molecule has 0 aromatic heterocycles. The molecular formula is C19H28O2. The molecule has 0 aliphatic rings. The second-order valence-electron chi connectivity index (χ2n) is 6.71. The van der Waals surface area contributed by atoms with Crippen LogP contribution in [-0.2, 0) is 16.0 Å². The van der Waals surface area contributed by atoms with Gasteiger partial charge in [0.1, 0.15) is 6.10 Å². The Balaban J connectivity index is 2.63. The van der Waals surface area contributed by atoms with Crippen molar-refractivity contribution < 1.29 is 9.53 Å². The first-order valence-electron chi connectivity index (χ1n) is 7.68. The summed E-state index contributed by atoms with van der Waals surface area (Å²) in [6, 6.07) is 10.3. The summed E-state index contributed by atoms with van der Waals surface area (Å²) in [4.78, 5) is 11.3. The molecule has 21 heavy (non-hydrogen) atoms.